The van der Waals surface area contributed by atoms with E-state index in [1.54, 1.807) is 19.1 Å². The SMILES string of the molecule is COc1c([C@H]2[C@H](C(=O)Nc3ccc([C@@H](C)O)nc3)OC(C)(C)[C@H]2C)ccc(F)c1F. The summed E-state index contributed by atoms with van der Waals surface area (Å²) < 4.78 is 39.2. The van der Waals surface area contributed by atoms with E-state index in [1.807, 2.05) is 20.8 Å². The fraction of sp³-hybridized carbons (Fsp3) is 0.455. The second-order valence-electron chi connectivity index (χ2n) is 8.08. The molecule has 1 aliphatic rings. The van der Waals surface area contributed by atoms with Crippen molar-refractivity contribution >= 4 is 11.6 Å². The van der Waals surface area contributed by atoms with Gasteiger partial charge in [-0.3, -0.25) is 9.78 Å². The van der Waals surface area contributed by atoms with Gasteiger partial charge in [0.2, 0.25) is 5.82 Å². The number of pyridine rings is 1. The highest BCUT2D eigenvalue weighted by atomic mass is 19.2. The van der Waals surface area contributed by atoms with Gasteiger partial charge in [-0.25, -0.2) is 4.39 Å². The Kier molecular flexibility index (Phi) is 6.10. The first kappa shape index (κ1) is 22.1. The Morgan fingerprint density at radius 3 is 2.57 bits per heavy atom. The maximum atomic E-state index is 14.3. The number of nitrogens with zero attached hydrogens (tertiary/aromatic N) is 1. The summed E-state index contributed by atoms with van der Waals surface area (Å²) in [5, 5.41) is 12.3. The number of amides is 1. The van der Waals surface area contributed by atoms with E-state index in [0.29, 0.717) is 16.9 Å². The van der Waals surface area contributed by atoms with Crippen molar-refractivity contribution in [3.8, 4) is 5.75 Å². The zero-order chi connectivity index (χ0) is 22.2. The molecule has 1 aromatic heterocycles. The molecule has 1 saturated heterocycles. The number of hydrogen-bond donors (Lipinski definition) is 2. The molecule has 0 unspecified atom stereocenters. The molecule has 0 bridgehead atoms. The fourth-order valence-corrected chi connectivity index (χ4v) is 3.81. The Bertz CT molecular complexity index is 931. The molecule has 1 aromatic carbocycles. The minimum Gasteiger partial charge on any atom is -0.493 e. The molecular formula is C22H26F2N2O4. The highest BCUT2D eigenvalue weighted by Crippen LogP contribution is 2.49. The standard InChI is InChI=1S/C22H26F2N2O4/c1-11-17(14-7-8-15(23)18(24)19(14)29-5)20(30-22(11,3)4)21(28)26-13-6-9-16(12(2)27)25-10-13/h6-12,17,20,27H,1-5H3,(H,26,28)/t11-,12+,17-,20+/m0/s1. The van der Waals surface area contributed by atoms with Crippen LogP contribution in [-0.4, -0.2) is 34.8 Å². The Morgan fingerprint density at radius 1 is 1.30 bits per heavy atom. The Morgan fingerprint density at radius 2 is 2.00 bits per heavy atom. The third kappa shape index (κ3) is 4.02. The quantitative estimate of drug-likeness (QED) is 0.765. The van der Waals surface area contributed by atoms with Crippen molar-refractivity contribution in [2.45, 2.75) is 51.4 Å². The first-order valence-corrected chi connectivity index (χ1v) is 9.71. The summed E-state index contributed by atoms with van der Waals surface area (Å²) in [6, 6.07) is 5.70. The van der Waals surface area contributed by atoms with Gasteiger partial charge in [0.05, 0.1) is 36.4 Å². The van der Waals surface area contributed by atoms with E-state index in [1.165, 1.54) is 19.4 Å². The summed E-state index contributed by atoms with van der Waals surface area (Å²) >= 11 is 0. The van der Waals surface area contributed by atoms with E-state index in [9.17, 15) is 18.7 Å². The lowest BCUT2D eigenvalue weighted by Crippen LogP contribution is -2.33. The van der Waals surface area contributed by atoms with E-state index in [0.717, 1.165) is 6.07 Å². The summed E-state index contributed by atoms with van der Waals surface area (Å²) in [4.78, 5) is 17.2. The van der Waals surface area contributed by atoms with Crippen molar-refractivity contribution in [3.63, 3.8) is 0 Å². The molecule has 2 aromatic rings. The van der Waals surface area contributed by atoms with Gasteiger partial charge in [0, 0.05) is 11.5 Å². The third-order valence-electron chi connectivity index (χ3n) is 5.78. The number of aliphatic hydroxyl groups excluding tert-OH is 1. The topological polar surface area (TPSA) is 80.7 Å². The second kappa shape index (κ2) is 8.28. The van der Waals surface area contributed by atoms with Gasteiger partial charge in [0.15, 0.2) is 11.6 Å². The lowest BCUT2D eigenvalue weighted by Gasteiger charge is -2.25. The van der Waals surface area contributed by atoms with Crippen LogP contribution in [0.3, 0.4) is 0 Å². The zero-order valence-corrected chi connectivity index (χ0v) is 17.6. The fourth-order valence-electron chi connectivity index (χ4n) is 3.81. The predicted molar refractivity (Wildman–Crippen MR) is 107 cm³/mol. The van der Waals surface area contributed by atoms with Gasteiger partial charge in [0.25, 0.3) is 5.91 Å². The summed E-state index contributed by atoms with van der Waals surface area (Å²) in [6.45, 7) is 7.19. The molecule has 3 rings (SSSR count). The molecule has 2 N–H and O–H groups in total. The van der Waals surface area contributed by atoms with Crippen LogP contribution in [0.4, 0.5) is 14.5 Å². The molecule has 0 aliphatic carbocycles. The molecule has 6 nitrogen and oxygen atoms in total. The first-order chi connectivity index (χ1) is 14.1. The van der Waals surface area contributed by atoms with Crippen LogP contribution in [0.5, 0.6) is 5.75 Å². The zero-order valence-electron chi connectivity index (χ0n) is 17.6. The number of benzene rings is 1. The molecular weight excluding hydrogens is 394 g/mol. The average Bonchev–Trinajstić information content (AvgIpc) is 2.94. The summed E-state index contributed by atoms with van der Waals surface area (Å²) in [5.41, 5.74) is 0.597. The molecule has 0 spiro atoms. The first-order valence-electron chi connectivity index (χ1n) is 9.71. The number of methoxy groups -OCH3 is 1. The van der Waals surface area contributed by atoms with Gasteiger partial charge < -0.3 is 19.9 Å². The minimum atomic E-state index is -1.09. The molecule has 162 valence electrons. The van der Waals surface area contributed by atoms with E-state index in [4.69, 9.17) is 9.47 Å². The van der Waals surface area contributed by atoms with Crippen molar-refractivity contribution in [1.82, 2.24) is 4.98 Å². The molecule has 8 heteroatoms. The number of aromatic nitrogens is 1. The Labute approximate surface area is 174 Å². The number of ether oxygens (including phenoxy) is 2. The molecule has 1 amide bonds. The number of halogens is 2. The molecule has 2 heterocycles. The average molecular weight is 420 g/mol. The number of hydrogen-bond acceptors (Lipinski definition) is 5. The normalized spacial score (nSPS) is 23.8. The molecule has 4 atom stereocenters. The summed E-state index contributed by atoms with van der Waals surface area (Å²) in [5.74, 6) is -3.53. The van der Waals surface area contributed by atoms with Crippen molar-refractivity contribution in [2.75, 3.05) is 12.4 Å². The second-order valence-corrected chi connectivity index (χ2v) is 8.08. The van der Waals surface area contributed by atoms with Crippen molar-refractivity contribution in [3.05, 3.63) is 53.4 Å². The highest BCUT2D eigenvalue weighted by molar-refractivity contribution is 5.95. The molecule has 1 fully saturated rings. The van der Waals surface area contributed by atoms with E-state index in [-0.39, 0.29) is 11.7 Å². The van der Waals surface area contributed by atoms with Crippen LogP contribution in [0.2, 0.25) is 0 Å². The smallest absolute Gasteiger partial charge is 0.254 e. The Hall–Kier alpha value is -2.58. The van der Waals surface area contributed by atoms with Gasteiger partial charge in [-0.05, 0) is 44.9 Å². The lowest BCUT2D eigenvalue weighted by atomic mass is 9.78. The van der Waals surface area contributed by atoms with Gasteiger partial charge in [-0.15, -0.1) is 0 Å². The summed E-state index contributed by atoms with van der Waals surface area (Å²) in [6.07, 6.45) is -0.235. The molecule has 1 aliphatic heterocycles. The third-order valence-corrected chi connectivity index (χ3v) is 5.78. The number of carbonyl (C=O) groups is 1. The van der Waals surface area contributed by atoms with Gasteiger partial charge >= 0.3 is 0 Å². The predicted octanol–water partition coefficient (Wildman–Crippen LogP) is 3.96. The number of anilines is 1. The van der Waals surface area contributed by atoms with Crippen LogP contribution in [0.15, 0.2) is 30.5 Å². The number of carbonyl (C=O) groups excluding carboxylic acids is 1. The van der Waals surface area contributed by atoms with E-state index >= 15 is 0 Å². The number of aliphatic hydroxyl groups is 1. The van der Waals surface area contributed by atoms with Crippen molar-refractivity contribution in [1.29, 1.82) is 0 Å². The van der Waals surface area contributed by atoms with Gasteiger partial charge in [0.1, 0.15) is 6.10 Å². The van der Waals surface area contributed by atoms with E-state index in [2.05, 4.69) is 10.3 Å². The number of rotatable bonds is 5. The van der Waals surface area contributed by atoms with Crippen LogP contribution in [0, 0.1) is 17.6 Å². The summed E-state index contributed by atoms with van der Waals surface area (Å²) in [7, 11) is 1.26. The van der Waals surface area contributed by atoms with Gasteiger partial charge in [-0.1, -0.05) is 13.0 Å². The van der Waals surface area contributed by atoms with Crippen LogP contribution in [-0.2, 0) is 9.53 Å². The Balaban J connectivity index is 1.94. The molecule has 0 radical (unpaired) electrons. The van der Waals surface area contributed by atoms with Crippen LogP contribution in [0.1, 0.15) is 51.0 Å². The largest absolute Gasteiger partial charge is 0.493 e. The maximum Gasteiger partial charge on any atom is 0.254 e. The number of nitrogens with one attached hydrogen (secondary N) is 1. The van der Waals surface area contributed by atoms with Crippen LogP contribution >= 0.6 is 0 Å². The molecule has 30 heavy (non-hydrogen) atoms. The van der Waals surface area contributed by atoms with E-state index < -0.39 is 41.3 Å². The van der Waals surface area contributed by atoms with Crippen molar-refractivity contribution in [2.24, 2.45) is 5.92 Å². The van der Waals surface area contributed by atoms with Gasteiger partial charge in [-0.2, -0.15) is 4.39 Å². The molecule has 0 saturated carbocycles. The maximum absolute atomic E-state index is 14.3. The highest BCUT2D eigenvalue weighted by Gasteiger charge is 2.51. The van der Waals surface area contributed by atoms with Crippen LogP contribution < -0.4 is 10.1 Å². The minimum absolute atomic E-state index is 0.192. The van der Waals surface area contributed by atoms with Crippen molar-refractivity contribution < 1.29 is 28.2 Å². The van der Waals surface area contributed by atoms with Crippen LogP contribution in [0.25, 0.3) is 0 Å². The monoisotopic (exact) mass is 420 g/mol. The lowest BCUT2D eigenvalue weighted by molar-refractivity contribution is -0.131.